The Hall–Kier alpha value is -1.91. The van der Waals surface area contributed by atoms with Gasteiger partial charge in [-0.25, -0.2) is 4.39 Å². The van der Waals surface area contributed by atoms with Crippen LogP contribution >= 0.6 is 0 Å². The van der Waals surface area contributed by atoms with E-state index in [0.717, 1.165) is 51.4 Å². The zero-order chi connectivity index (χ0) is 21.9. The van der Waals surface area contributed by atoms with E-state index in [9.17, 15) is 14.0 Å². The second-order valence-electron chi connectivity index (χ2n) is 7.89. The van der Waals surface area contributed by atoms with Crippen molar-refractivity contribution in [2.45, 2.75) is 103 Å². The van der Waals surface area contributed by atoms with Crippen LogP contribution in [0.1, 0.15) is 103 Å². The molecule has 0 bridgehead atoms. The molecular weight excluding hydrogens is 383 g/mol. The molecule has 0 radical (unpaired) electrons. The summed E-state index contributed by atoms with van der Waals surface area (Å²) < 4.78 is 23.4. The van der Waals surface area contributed by atoms with Crippen LogP contribution in [0, 0.1) is 5.82 Å². The fraction of sp³-hybridized carbons (Fsp3) is 0.680. The molecule has 0 amide bonds. The summed E-state index contributed by atoms with van der Waals surface area (Å²) in [6.45, 7) is 2.77. The third-order valence-corrected chi connectivity index (χ3v) is 5.05. The van der Waals surface area contributed by atoms with E-state index in [1.807, 2.05) is 0 Å². The Bertz CT molecular complexity index is 588. The molecule has 0 unspecified atom stereocenters. The summed E-state index contributed by atoms with van der Waals surface area (Å²) in [5.74, 6) is -0.578. The minimum atomic E-state index is -0.415. The molecule has 1 aromatic carbocycles. The van der Waals surface area contributed by atoms with Gasteiger partial charge in [-0.05, 0) is 31.4 Å². The molecule has 0 atom stereocenters. The molecule has 0 spiro atoms. The number of carbonyl (C=O) groups is 2. The monoisotopic (exact) mass is 422 g/mol. The standard InChI is InChI=1S/C25H39FO4/c1-2-3-4-5-8-11-14-20-29-24(27)18-12-9-6-7-10-13-19-25(28)30-23-17-15-16-22(26)21-23/h15-17,21H,2-14,18-20H2,1H3. The summed E-state index contributed by atoms with van der Waals surface area (Å²) in [6.07, 6.45) is 15.0. The molecule has 30 heavy (non-hydrogen) atoms. The third-order valence-electron chi connectivity index (χ3n) is 5.05. The summed E-state index contributed by atoms with van der Waals surface area (Å²) in [6, 6.07) is 5.61. The molecule has 170 valence electrons. The smallest absolute Gasteiger partial charge is 0.311 e. The first-order valence-corrected chi connectivity index (χ1v) is 11.7. The van der Waals surface area contributed by atoms with Crippen LogP contribution in [0.3, 0.4) is 0 Å². The first kappa shape index (κ1) is 26.1. The average Bonchev–Trinajstić information content (AvgIpc) is 2.72. The highest BCUT2D eigenvalue weighted by molar-refractivity contribution is 5.72. The van der Waals surface area contributed by atoms with Gasteiger partial charge in [-0.3, -0.25) is 9.59 Å². The van der Waals surface area contributed by atoms with Gasteiger partial charge in [-0.1, -0.05) is 77.2 Å². The molecular formula is C25H39FO4. The number of benzene rings is 1. The molecule has 0 aliphatic carbocycles. The third kappa shape index (κ3) is 15.0. The number of rotatable bonds is 18. The minimum Gasteiger partial charge on any atom is -0.466 e. The average molecular weight is 423 g/mol. The van der Waals surface area contributed by atoms with Crippen LogP contribution in [0.4, 0.5) is 4.39 Å². The van der Waals surface area contributed by atoms with Gasteiger partial charge in [0.1, 0.15) is 11.6 Å². The fourth-order valence-electron chi connectivity index (χ4n) is 3.28. The van der Waals surface area contributed by atoms with Crippen molar-refractivity contribution in [3.05, 3.63) is 30.1 Å². The lowest BCUT2D eigenvalue weighted by atomic mass is 10.1. The van der Waals surface area contributed by atoms with Gasteiger partial charge < -0.3 is 9.47 Å². The van der Waals surface area contributed by atoms with Gasteiger partial charge in [0.25, 0.3) is 0 Å². The van der Waals surface area contributed by atoms with Crippen molar-refractivity contribution in [2.24, 2.45) is 0 Å². The van der Waals surface area contributed by atoms with Crippen LogP contribution in [0.25, 0.3) is 0 Å². The Balaban J connectivity index is 1.86. The van der Waals surface area contributed by atoms with E-state index >= 15 is 0 Å². The maximum Gasteiger partial charge on any atom is 0.311 e. The summed E-state index contributed by atoms with van der Waals surface area (Å²) >= 11 is 0. The topological polar surface area (TPSA) is 52.6 Å². The number of hydrogen-bond acceptors (Lipinski definition) is 4. The predicted molar refractivity (Wildman–Crippen MR) is 118 cm³/mol. The van der Waals surface area contributed by atoms with E-state index in [1.165, 1.54) is 50.3 Å². The van der Waals surface area contributed by atoms with Crippen molar-refractivity contribution in [1.82, 2.24) is 0 Å². The van der Waals surface area contributed by atoms with Gasteiger partial charge in [0, 0.05) is 18.9 Å². The summed E-state index contributed by atoms with van der Waals surface area (Å²) in [5.41, 5.74) is 0. The van der Waals surface area contributed by atoms with Gasteiger partial charge in [0.05, 0.1) is 6.61 Å². The molecule has 5 heteroatoms. The van der Waals surface area contributed by atoms with Crippen LogP contribution in [0.15, 0.2) is 24.3 Å². The van der Waals surface area contributed by atoms with E-state index in [-0.39, 0.29) is 17.7 Å². The van der Waals surface area contributed by atoms with E-state index in [4.69, 9.17) is 9.47 Å². The first-order chi connectivity index (χ1) is 14.6. The van der Waals surface area contributed by atoms with Crippen molar-refractivity contribution >= 4 is 11.9 Å². The number of unbranched alkanes of at least 4 members (excludes halogenated alkanes) is 11. The molecule has 0 aromatic heterocycles. The van der Waals surface area contributed by atoms with Crippen molar-refractivity contribution < 1.29 is 23.5 Å². The van der Waals surface area contributed by atoms with E-state index in [0.29, 0.717) is 19.4 Å². The lowest BCUT2D eigenvalue weighted by Crippen LogP contribution is -2.07. The largest absolute Gasteiger partial charge is 0.466 e. The van der Waals surface area contributed by atoms with Crippen LogP contribution in [-0.4, -0.2) is 18.5 Å². The van der Waals surface area contributed by atoms with Crippen molar-refractivity contribution in [3.8, 4) is 5.75 Å². The van der Waals surface area contributed by atoms with Crippen molar-refractivity contribution in [3.63, 3.8) is 0 Å². The molecule has 0 aliphatic heterocycles. The molecule has 0 heterocycles. The summed E-state index contributed by atoms with van der Waals surface area (Å²) in [5, 5.41) is 0. The molecule has 0 saturated carbocycles. The van der Waals surface area contributed by atoms with Gasteiger partial charge in [0.2, 0.25) is 0 Å². The first-order valence-electron chi connectivity index (χ1n) is 11.7. The molecule has 1 rings (SSSR count). The van der Waals surface area contributed by atoms with E-state index in [1.54, 1.807) is 6.07 Å². The lowest BCUT2D eigenvalue weighted by Gasteiger charge is -2.06. The SMILES string of the molecule is CCCCCCCCCOC(=O)CCCCCCCCC(=O)Oc1cccc(F)c1. The van der Waals surface area contributed by atoms with Crippen LogP contribution < -0.4 is 4.74 Å². The molecule has 0 fully saturated rings. The summed E-state index contributed by atoms with van der Waals surface area (Å²) in [4.78, 5) is 23.4. The number of halogens is 1. The lowest BCUT2D eigenvalue weighted by molar-refractivity contribution is -0.144. The highest BCUT2D eigenvalue weighted by Crippen LogP contribution is 2.14. The van der Waals surface area contributed by atoms with Crippen LogP contribution in [0.5, 0.6) is 5.75 Å². The quantitative estimate of drug-likeness (QED) is 0.143. The Labute approximate surface area is 181 Å². The zero-order valence-electron chi connectivity index (χ0n) is 18.6. The number of esters is 2. The van der Waals surface area contributed by atoms with Gasteiger partial charge in [-0.15, -0.1) is 0 Å². The summed E-state index contributed by atoms with van der Waals surface area (Å²) in [7, 11) is 0. The van der Waals surface area contributed by atoms with Crippen molar-refractivity contribution in [2.75, 3.05) is 6.61 Å². The van der Waals surface area contributed by atoms with Crippen LogP contribution in [0.2, 0.25) is 0 Å². The maximum absolute atomic E-state index is 13.0. The van der Waals surface area contributed by atoms with Gasteiger partial charge in [-0.2, -0.15) is 0 Å². The highest BCUT2D eigenvalue weighted by Gasteiger charge is 2.06. The molecule has 0 aliphatic rings. The Morgan fingerprint density at radius 2 is 1.33 bits per heavy atom. The number of ether oxygens (including phenoxy) is 2. The van der Waals surface area contributed by atoms with Gasteiger partial charge >= 0.3 is 11.9 Å². The van der Waals surface area contributed by atoms with Crippen LogP contribution in [-0.2, 0) is 14.3 Å². The van der Waals surface area contributed by atoms with E-state index < -0.39 is 5.82 Å². The number of carbonyl (C=O) groups excluding carboxylic acids is 2. The highest BCUT2D eigenvalue weighted by atomic mass is 19.1. The Morgan fingerprint density at radius 1 is 0.767 bits per heavy atom. The fourth-order valence-corrected chi connectivity index (χ4v) is 3.28. The Kier molecular flexibility index (Phi) is 15.6. The van der Waals surface area contributed by atoms with E-state index in [2.05, 4.69) is 6.92 Å². The number of hydrogen-bond donors (Lipinski definition) is 0. The van der Waals surface area contributed by atoms with Crippen molar-refractivity contribution in [1.29, 1.82) is 0 Å². The Morgan fingerprint density at radius 3 is 1.97 bits per heavy atom. The maximum atomic E-state index is 13.0. The second-order valence-corrected chi connectivity index (χ2v) is 7.89. The normalized spacial score (nSPS) is 10.7. The minimum absolute atomic E-state index is 0.0823. The molecule has 0 saturated heterocycles. The molecule has 4 nitrogen and oxygen atoms in total. The molecule has 0 N–H and O–H groups in total. The molecule has 1 aromatic rings. The zero-order valence-corrected chi connectivity index (χ0v) is 18.6. The van der Waals surface area contributed by atoms with Gasteiger partial charge in [0.15, 0.2) is 0 Å². The second kappa shape index (κ2) is 17.9. The predicted octanol–water partition coefficient (Wildman–Crippen LogP) is 7.15.